The summed E-state index contributed by atoms with van der Waals surface area (Å²) in [5, 5.41) is 12.3. The molecule has 1 aromatic carbocycles. The molecule has 2 aliphatic carbocycles. The highest BCUT2D eigenvalue weighted by Crippen LogP contribution is 2.52. The lowest BCUT2D eigenvalue weighted by molar-refractivity contribution is -0.148. The molecule has 0 aromatic heterocycles. The second-order valence-electron chi connectivity index (χ2n) is 6.28. The predicted molar refractivity (Wildman–Crippen MR) is 83.6 cm³/mol. The number of fused-ring (bicyclic) bond motifs is 2. The van der Waals surface area contributed by atoms with E-state index in [0.29, 0.717) is 17.2 Å². The fourth-order valence-electron chi connectivity index (χ4n) is 4.15. The lowest BCUT2D eigenvalue weighted by atomic mass is 9.78. The monoisotopic (exact) mass is 319 g/mol. The minimum Gasteiger partial charge on any atom is -0.497 e. The molecular weight excluding hydrogens is 298 g/mol. The number of nitrogens with one attached hydrogen (secondary N) is 1. The maximum absolute atomic E-state index is 12.7. The van der Waals surface area contributed by atoms with Gasteiger partial charge in [0.2, 0.25) is 5.91 Å². The van der Waals surface area contributed by atoms with E-state index >= 15 is 0 Å². The Morgan fingerprint density at radius 3 is 2.43 bits per heavy atom. The largest absolute Gasteiger partial charge is 0.497 e. The Bertz CT molecular complexity index is 629. The third-order valence-electron chi connectivity index (χ3n) is 5.17. The van der Waals surface area contributed by atoms with Gasteiger partial charge in [0.05, 0.1) is 31.7 Å². The molecule has 6 nitrogen and oxygen atoms in total. The number of rotatable bonds is 5. The second-order valence-corrected chi connectivity index (χ2v) is 6.28. The normalized spacial score (nSPS) is 28.4. The molecule has 0 radical (unpaired) electrons. The molecule has 0 aliphatic heterocycles. The SMILES string of the molecule is COc1ccc(OC)c(NC(=O)C2C3CCC(C3)C2C(=O)O)c1. The van der Waals surface area contributed by atoms with Crippen LogP contribution in [-0.4, -0.2) is 31.2 Å². The summed E-state index contributed by atoms with van der Waals surface area (Å²) in [6.07, 6.45) is 2.68. The van der Waals surface area contributed by atoms with Gasteiger partial charge in [-0.2, -0.15) is 0 Å². The Labute approximate surface area is 134 Å². The van der Waals surface area contributed by atoms with Gasteiger partial charge in [0.25, 0.3) is 0 Å². The number of aliphatic carboxylic acids is 1. The summed E-state index contributed by atoms with van der Waals surface area (Å²) in [5.41, 5.74) is 0.503. The minimum atomic E-state index is -0.866. The van der Waals surface area contributed by atoms with E-state index in [0.717, 1.165) is 19.3 Å². The van der Waals surface area contributed by atoms with Crippen molar-refractivity contribution in [2.45, 2.75) is 19.3 Å². The van der Waals surface area contributed by atoms with Crippen LogP contribution in [-0.2, 0) is 9.59 Å². The van der Waals surface area contributed by atoms with E-state index in [1.54, 1.807) is 25.3 Å². The van der Waals surface area contributed by atoms with Crippen LogP contribution in [0.3, 0.4) is 0 Å². The second kappa shape index (κ2) is 6.10. The molecule has 2 N–H and O–H groups in total. The number of hydrogen-bond acceptors (Lipinski definition) is 4. The first kappa shape index (κ1) is 15.6. The summed E-state index contributed by atoms with van der Waals surface area (Å²) in [5.74, 6) is -0.741. The molecule has 2 bridgehead atoms. The Balaban J connectivity index is 1.83. The molecule has 2 fully saturated rings. The average Bonchev–Trinajstić information content (AvgIpc) is 3.15. The highest BCUT2D eigenvalue weighted by molar-refractivity contribution is 5.97. The third-order valence-corrected chi connectivity index (χ3v) is 5.17. The van der Waals surface area contributed by atoms with Crippen LogP contribution in [0.4, 0.5) is 5.69 Å². The lowest BCUT2D eigenvalue weighted by Crippen LogP contribution is -2.37. The van der Waals surface area contributed by atoms with Gasteiger partial charge >= 0.3 is 5.97 Å². The van der Waals surface area contributed by atoms with Crippen LogP contribution in [0, 0.1) is 23.7 Å². The standard InChI is InChI=1S/C17H21NO5/c1-22-11-5-6-13(23-2)12(8-11)18-16(19)14-9-3-4-10(7-9)15(14)17(20)21/h5-6,8-10,14-15H,3-4,7H2,1-2H3,(H,18,19)(H,20,21). The number of anilines is 1. The van der Waals surface area contributed by atoms with Crippen molar-refractivity contribution in [3.63, 3.8) is 0 Å². The van der Waals surface area contributed by atoms with Crippen molar-refractivity contribution < 1.29 is 24.2 Å². The fourth-order valence-corrected chi connectivity index (χ4v) is 4.15. The Morgan fingerprint density at radius 2 is 1.83 bits per heavy atom. The van der Waals surface area contributed by atoms with E-state index in [4.69, 9.17) is 9.47 Å². The van der Waals surface area contributed by atoms with E-state index in [2.05, 4.69) is 5.32 Å². The summed E-state index contributed by atoms with van der Waals surface area (Å²) in [7, 11) is 3.07. The molecule has 1 amide bonds. The maximum Gasteiger partial charge on any atom is 0.307 e. The van der Waals surface area contributed by atoms with Crippen molar-refractivity contribution in [1.29, 1.82) is 0 Å². The Hall–Kier alpha value is -2.24. The zero-order chi connectivity index (χ0) is 16.6. The number of carboxylic acid groups (broad SMARTS) is 1. The topological polar surface area (TPSA) is 84.9 Å². The van der Waals surface area contributed by atoms with Crippen LogP contribution in [0.1, 0.15) is 19.3 Å². The number of carbonyl (C=O) groups is 2. The predicted octanol–water partition coefficient (Wildman–Crippen LogP) is 2.39. The molecule has 0 spiro atoms. The zero-order valence-corrected chi connectivity index (χ0v) is 13.2. The van der Waals surface area contributed by atoms with E-state index in [1.807, 2.05) is 0 Å². The summed E-state index contributed by atoms with van der Waals surface area (Å²) in [6, 6.07) is 5.13. The quantitative estimate of drug-likeness (QED) is 0.870. The first-order chi connectivity index (χ1) is 11.0. The van der Waals surface area contributed by atoms with Crippen LogP contribution in [0.15, 0.2) is 18.2 Å². The minimum absolute atomic E-state index is 0.125. The van der Waals surface area contributed by atoms with E-state index in [-0.39, 0.29) is 17.7 Å². The molecule has 4 atom stereocenters. The number of carbonyl (C=O) groups excluding carboxylic acids is 1. The van der Waals surface area contributed by atoms with Crippen LogP contribution in [0.2, 0.25) is 0 Å². The van der Waals surface area contributed by atoms with Gasteiger partial charge in [0, 0.05) is 6.07 Å². The van der Waals surface area contributed by atoms with Crippen LogP contribution < -0.4 is 14.8 Å². The van der Waals surface area contributed by atoms with Crippen LogP contribution in [0.5, 0.6) is 11.5 Å². The number of ether oxygens (including phenoxy) is 2. The lowest BCUT2D eigenvalue weighted by Gasteiger charge is -2.27. The fraction of sp³-hybridized carbons (Fsp3) is 0.529. The number of benzene rings is 1. The van der Waals surface area contributed by atoms with Crippen molar-refractivity contribution in [3.05, 3.63) is 18.2 Å². The highest BCUT2D eigenvalue weighted by Gasteiger charge is 2.54. The average molecular weight is 319 g/mol. The molecule has 1 aromatic rings. The number of methoxy groups -OCH3 is 2. The van der Waals surface area contributed by atoms with E-state index < -0.39 is 17.8 Å². The van der Waals surface area contributed by atoms with Gasteiger partial charge in [0.15, 0.2) is 0 Å². The molecule has 124 valence electrons. The summed E-state index contributed by atoms with van der Waals surface area (Å²) >= 11 is 0. The first-order valence-corrected chi connectivity index (χ1v) is 7.80. The van der Waals surface area contributed by atoms with Crippen molar-refractivity contribution in [3.8, 4) is 11.5 Å². The Kier molecular flexibility index (Phi) is 4.15. The van der Waals surface area contributed by atoms with Gasteiger partial charge in [-0.15, -0.1) is 0 Å². The third kappa shape index (κ3) is 2.73. The van der Waals surface area contributed by atoms with Crippen LogP contribution in [0.25, 0.3) is 0 Å². The smallest absolute Gasteiger partial charge is 0.307 e. The number of amides is 1. The summed E-state index contributed by atoms with van der Waals surface area (Å²) < 4.78 is 10.4. The van der Waals surface area contributed by atoms with Crippen molar-refractivity contribution in [1.82, 2.24) is 0 Å². The van der Waals surface area contributed by atoms with Crippen molar-refractivity contribution in [2.24, 2.45) is 23.7 Å². The molecule has 0 heterocycles. The van der Waals surface area contributed by atoms with Gasteiger partial charge in [0.1, 0.15) is 11.5 Å². The molecule has 23 heavy (non-hydrogen) atoms. The van der Waals surface area contributed by atoms with E-state index in [9.17, 15) is 14.7 Å². The molecule has 6 heteroatoms. The number of hydrogen-bond donors (Lipinski definition) is 2. The molecular formula is C17H21NO5. The van der Waals surface area contributed by atoms with Crippen LogP contribution >= 0.6 is 0 Å². The first-order valence-electron chi connectivity index (χ1n) is 7.80. The summed E-state index contributed by atoms with van der Waals surface area (Å²) in [6.45, 7) is 0. The van der Waals surface area contributed by atoms with Crippen molar-refractivity contribution >= 4 is 17.6 Å². The molecule has 3 rings (SSSR count). The number of carboxylic acids is 1. The van der Waals surface area contributed by atoms with Gasteiger partial charge in [-0.3, -0.25) is 9.59 Å². The highest BCUT2D eigenvalue weighted by atomic mass is 16.5. The zero-order valence-electron chi connectivity index (χ0n) is 13.2. The Morgan fingerprint density at radius 1 is 1.13 bits per heavy atom. The molecule has 2 saturated carbocycles. The molecule has 2 aliphatic rings. The maximum atomic E-state index is 12.7. The summed E-state index contributed by atoms with van der Waals surface area (Å²) in [4.78, 5) is 24.3. The van der Waals surface area contributed by atoms with E-state index in [1.165, 1.54) is 7.11 Å². The van der Waals surface area contributed by atoms with Crippen molar-refractivity contribution in [2.75, 3.05) is 19.5 Å². The van der Waals surface area contributed by atoms with Gasteiger partial charge in [-0.1, -0.05) is 0 Å². The van der Waals surface area contributed by atoms with Gasteiger partial charge in [-0.25, -0.2) is 0 Å². The van der Waals surface area contributed by atoms with Gasteiger partial charge in [-0.05, 0) is 43.2 Å². The molecule has 4 unspecified atom stereocenters. The molecule has 0 saturated heterocycles. The van der Waals surface area contributed by atoms with Gasteiger partial charge < -0.3 is 19.9 Å².